The number of hydrogen-bond acceptors (Lipinski definition) is 4. The molecule has 1 amide bonds. The lowest BCUT2D eigenvalue weighted by atomic mass is 9.93. The van der Waals surface area contributed by atoms with E-state index in [9.17, 15) is 4.79 Å². The normalized spacial score (nSPS) is 16.7. The van der Waals surface area contributed by atoms with Crippen molar-refractivity contribution in [2.24, 2.45) is 0 Å². The van der Waals surface area contributed by atoms with Crippen molar-refractivity contribution in [3.63, 3.8) is 0 Å². The number of furan rings is 1. The lowest BCUT2D eigenvalue weighted by Crippen LogP contribution is -2.24. The van der Waals surface area contributed by atoms with Crippen molar-refractivity contribution >= 4 is 33.5 Å². The van der Waals surface area contributed by atoms with E-state index in [1.807, 2.05) is 53.4 Å². The predicted octanol–water partition coefficient (Wildman–Crippen LogP) is 5.12. The maximum atomic E-state index is 12.9. The van der Waals surface area contributed by atoms with E-state index in [4.69, 9.17) is 13.9 Å². The zero-order valence-corrected chi connectivity index (χ0v) is 16.3. The van der Waals surface area contributed by atoms with Crippen LogP contribution in [-0.2, 0) is 4.79 Å². The summed E-state index contributed by atoms with van der Waals surface area (Å²) in [6.07, 6.45) is 0.456. The molecular formula is C24H21NO4. The number of ether oxygens (including phenoxy) is 2. The van der Waals surface area contributed by atoms with Gasteiger partial charge in [-0.25, -0.2) is 0 Å². The molecule has 3 aromatic carbocycles. The highest BCUT2D eigenvalue weighted by atomic mass is 16.5. The van der Waals surface area contributed by atoms with Gasteiger partial charge in [-0.3, -0.25) is 4.79 Å². The second-order valence-electron chi connectivity index (χ2n) is 7.27. The summed E-state index contributed by atoms with van der Waals surface area (Å²) in [6.45, 7) is 0.618. The zero-order valence-electron chi connectivity index (χ0n) is 16.3. The van der Waals surface area contributed by atoms with E-state index < -0.39 is 0 Å². The van der Waals surface area contributed by atoms with Crippen molar-refractivity contribution in [2.45, 2.75) is 12.3 Å². The second-order valence-corrected chi connectivity index (χ2v) is 7.27. The first-order valence-corrected chi connectivity index (χ1v) is 9.62. The molecule has 0 spiro atoms. The molecule has 0 saturated carbocycles. The molecule has 1 unspecified atom stereocenters. The van der Waals surface area contributed by atoms with Crippen LogP contribution in [0.3, 0.4) is 0 Å². The highest BCUT2D eigenvalue weighted by Gasteiger charge is 2.33. The Labute approximate surface area is 168 Å². The fourth-order valence-electron chi connectivity index (χ4n) is 4.27. The molecule has 1 aromatic heterocycles. The van der Waals surface area contributed by atoms with Crippen LogP contribution in [0.15, 0.2) is 65.1 Å². The number of anilines is 1. The molecule has 1 fully saturated rings. The van der Waals surface area contributed by atoms with Crippen LogP contribution in [0.5, 0.6) is 11.5 Å². The SMILES string of the molecule is COc1cccc(N2CC(c3ccc(OC)c4oc5ccccc5c34)CC2=O)c1. The third-order valence-corrected chi connectivity index (χ3v) is 5.67. The first kappa shape index (κ1) is 17.6. The fourth-order valence-corrected chi connectivity index (χ4v) is 4.27. The van der Waals surface area contributed by atoms with E-state index >= 15 is 0 Å². The van der Waals surface area contributed by atoms with Gasteiger partial charge in [0.05, 0.1) is 14.2 Å². The van der Waals surface area contributed by atoms with Gasteiger partial charge in [0.2, 0.25) is 5.91 Å². The highest BCUT2D eigenvalue weighted by molar-refractivity contribution is 6.09. The van der Waals surface area contributed by atoms with Crippen molar-refractivity contribution in [3.8, 4) is 11.5 Å². The summed E-state index contributed by atoms with van der Waals surface area (Å²) in [5.74, 6) is 1.63. The molecule has 29 heavy (non-hydrogen) atoms. The average Bonchev–Trinajstić information content (AvgIpc) is 3.34. The van der Waals surface area contributed by atoms with Crippen LogP contribution in [0, 0.1) is 0 Å². The Morgan fingerprint density at radius 3 is 2.69 bits per heavy atom. The molecule has 0 radical (unpaired) electrons. The molecule has 5 rings (SSSR count). The second kappa shape index (κ2) is 6.85. The van der Waals surface area contributed by atoms with Crippen molar-refractivity contribution in [3.05, 3.63) is 66.2 Å². The summed E-state index contributed by atoms with van der Waals surface area (Å²) in [7, 11) is 3.27. The lowest BCUT2D eigenvalue weighted by molar-refractivity contribution is -0.117. The van der Waals surface area contributed by atoms with Gasteiger partial charge in [0.1, 0.15) is 11.3 Å². The van der Waals surface area contributed by atoms with Crippen LogP contribution in [0.2, 0.25) is 0 Å². The standard InChI is InChI=1S/C24H21NO4/c1-27-17-7-5-6-16(13-17)25-14-15(12-22(25)26)18-10-11-21(28-2)24-23(18)19-8-3-4-9-20(19)29-24/h3-11,13,15H,12,14H2,1-2H3. The molecule has 4 aromatic rings. The molecule has 0 N–H and O–H groups in total. The number of fused-ring (bicyclic) bond motifs is 3. The fraction of sp³-hybridized carbons (Fsp3) is 0.208. The Hall–Kier alpha value is -3.47. The van der Waals surface area contributed by atoms with Crippen molar-refractivity contribution in [1.82, 2.24) is 0 Å². The quantitative estimate of drug-likeness (QED) is 0.487. The van der Waals surface area contributed by atoms with Crippen LogP contribution >= 0.6 is 0 Å². The Morgan fingerprint density at radius 2 is 1.86 bits per heavy atom. The van der Waals surface area contributed by atoms with Gasteiger partial charge in [0.25, 0.3) is 0 Å². The average molecular weight is 387 g/mol. The first-order valence-electron chi connectivity index (χ1n) is 9.62. The van der Waals surface area contributed by atoms with Gasteiger partial charge in [0, 0.05) is 41.4 Å². The number of nitrogens with zero attached hydrogens (tertiary/aromatic N) is 1. The van der Waals surface area contributed by atoms with Gasteiger partial charge in [-0.15, -0.1) is 0 Å². The van der Waals surface area contributed by atoms with E-state index in [-0.39, 0.29) is 11.8 Å². The summed E-state index contributed by atoms with van der Waals surface area (Å²) in [6, 6.07) is 19.6. The number of para-hydroxylation sites is 1. The zero-order chi connectivity index (χ0) is 20.0. The summed E-state index contributed by atoms with van der Waals surface area (Å²) < 4.78 is 16.9. The number of rotatable bonds is 4. The van der Waals surface area contributed by atoms with E-state index in [0.717, 1.165) is 38.9 Å². The van der Waals surface area contributed by atoms with E-state index in [1.54, 1.807) is 14.2 Å². The molecule has 1 aliphatic rings. The number of amides is 1. The van der Waals surface area contributed by atoms with Crippen LogP contribution < -0.4 is 14.4 Å². The van der Waals surface area contributed by atoms with Crippen LogP contribution in [-0.4, -0.2) is 26.7 Å². The molecule has 5 heteroatoms. The Balaban J connectivity index is 1.60. The minimum Gasteiger partial charge on any atom is -0.497 e. The number of carbonyl (C=O) groups excluding carboxylic acids is 1. The molecule has 0 aliphatic carbocycles. The van der Waals surface area contributed by atoms with Crippen molar-refractivity contribution in [1.29, 1.82) is 0 Å². The number of hydrogen-bond donors (Lipinski definition) is 0. The Bertz CT molecular complexity index is 1230. The molecule has 1 atom stereocenters. The van der Waals surface area contributed by atoms with Crippen LogP contribution in [0.4, 0.5) is 5.69 Å². The molecule has 146 valence electrons. The minimum atomic E-state index is 0.0723. The monoisotopic (exact) mass is 387 g/mol. The van der Waals surface area contributed by atoms with Gasteiger partial charge < -0.3 is 18.8 Å². The molecular weight excluding hydrogens is 366 g/mol. The smallest absolute Gasteiger partial charge is 0.227 e. The van der Waals surface area contributed by atoms with Crippen LogP contribution in [0.25, 0.3) is 21.9 Å². The number of carbonyl (C=O) groups is 1. The molecule has 5 nitrogen and oxygen atoms in total. The van der Waals surface area contributed by atoms with E-state index in [2.05, 4.69) is 12.1 Å². The van der Waals surface area contributed by atoms with Gasteiger partial charge in [0.15, 0.2) is 11.3 Å². The number of methoxy groups -OCH3 is 2. The maximum absolute atomic E-state index is 12.9. The topological polar surface area (TPSA) is 51.9 Å². The van der Waals surface area contributed by atoms with Gasteiger partial charge >= 0.3 is 0 Å². The highest BCUT2D eigenvalue weighted by Crippen LogP contribution is 2.42. The first-order chi connectivity index (χ1) is 14.2. The summed E-state index contributed by atoms with van der Waals surface area (Å²) in [4.78, 5) is 14.7. The lowest BCUT2D eigenvalue weighted by Gasteiger charge is -2.18. The maximum Gasteiger partial charge on any atom is 0.227 e. The van der Waals surface area contributed by atoms with E-state index in [0.29, 0.717) is 18.7 Å². The Kier molecular flexibility index (Phi) is 4.16. The predicted molar refractivity (Wildman–Crippen MR) is 113 cm³/mol. The van der Waals surface area contributed by atoms with Gasteiger partial charge in [-0.05, 0) is 29.8 Å². The third kappa shape index (κ3) is 2.81. The van der Waals surface area contributed by atoms with Crippen molar-refractivity contribution < 1.29 is 18.7 Å². The summed E-state index contributed by atoms with van der Waals surface area (Å²) in [5.41, 5.74) is 3.53. The van der Waals surface area contributed by atoms with Crippen LogP contribution in [0.1, 0.15) is 17.9 Å². The molecule has 2 heterocycles. The Morgan fingerprint density at radius 1 is 1.00 bits per heavy atom. The molecule has 1 saturated heterocycles. The molecule has 1 aliphatic heterocycles. The molecule has 0 bridgehead atoms. The minimum absolute atomic E-state index is 0.0723. The summed E-state index contributed by atoms with van der Waals surface area (Å²) in [5, 5.41) is 2.08. The van der Waals surface area contributed by atoms with Gasteiger partial charge in [-0.1, -0.05) is 30.3 Å². The largest absolute Gasteiger partial charge is 0.497 e. The summed E-state index contributed by atoms with van der Waals surface area (Å²) >= 11 is 0. The van der Waals surface area contributed by atoms with E-state index in [1.165, 1.54) is 0 Å². The third-order valence-electron chi connectivity index (χ3n) is 5.67. The van der Waals surface area contributed by atoms with Crippen molar-refractivity contribution in [2.75, 3.05) is 25.7 Å². The van der Waals surface area contributed by atoms with Gasteiger partial charge in [-0.2, -0.15) is 0 Å². The number of benzene rings is 3.